The molecule has 4 nitrogen and oxygen atoms in total. The summed E-state index contributed by atoms with van der Waals surface area (Å²) in [6.45, 7) is 4.23. The molecule has 1 aliphatic heterocycles. The molecule has 92 valence electrons. The molecule has 1 aromatic rings. The minimum atomic E-state index is 0.876. The Morgan fingerprint density at radius 1 is 1.24 bits per heavy atom. The molecule has 1 saturated heterocycles. The molecule has 3 rings (SSSR count). The van der Waals surface area contributed by atoms with Crippen LogP contribution in [0.2, 0.25) is 0 Å². The van der Waals surface area contributed by atoms with Gasteiger partial charge in [-0.3, -0.25) is 0 Å². The molecule has 0 amide bonds. The van der Waals surface area contributed by atoms with Crippen LogP contribution in [0.5, 0.6) is 0 Å². The molecule has 4 heteroatoms. The molecule has 17 heavy (non-hydrogen) atoms. The number of piperazine rings is 1. The molecule has 0 aromatic carbocycles. The fourth-order valence-electron chi connectivity index (χ4n) is 2.56. The zero-order valence-corrected chi connectivity index (χ0v) is 10.2. The molecule has 1 aromatic heterocycles. The zero-order valence-electron chi connectivity index (χ0n) is 10.2. The van der Waals surface area contributed by atoms with Gasteiger partial charge in [0, 0.05) is 37.9 Å². The maximum absolute atomic E-state index is 4.40. The quantitative estimate of drug-likeness (QED) is 0.851. The second-order valence-electron chi connectivity index (χ2n) is 5.11. The van der Waals surface area contributed by atoms with Gasteiger partial charge in [-0.25, -0.2) is 9.97 Å². The molecule has 0 radical (unpaired) electrons. The highest BCUT2D eigenvalue weighted by atomic mass is 15.2. The van der Waals surface area contributed by atoms with E-state index in [2.05, 4.69) is 26.3 Å². The van der Waals surface area contributed by atoms with Crippen molar-refractivity contribution in [1.29, 1.82) is 0 Å². The van der Waals surface area contributed by atoms with Crippen LogP contribution in [0.15, 0.2) is 12.4 Å². The highest BCUT2D eigenvalue weighted by Gasteiger charge is 2.19. The van der Waals surface area contributed by atoms with Gasteiger partial charge in [-0.15, -0.1) is 0 Å². The first-order valence-electron chi connectivity index (χ1n) is 6.68. The first-order valence-corrected chi connectivity index (χ1v) is 6.68. The number of nitrogens with zero attached hydrogens (tertiary/aromatic N) is 3. The lowest BCUT2D eigenvalue weighted by atomic mass is 9.82. The molecule has 2 fully saturated rings. The van der Waals surface area contributed by atoms with Crippen LogP contribution in [0.1, 0.15) is 25.0 Å². The van der Waals surface area contributed by atoms with Crippen molar-refractivity contribution in [3.8, 4) is 0 Å². The van der Waals surface area contributed by atoms with Crippen molar-refractivity contribution in [1.82, 2.24) is 15.3 Å². The summed E-state index contributed by atoms with van der Waals surface area (Å²) in [5, 5.41) is 3.36. The van der Waals surface area contributed by atoms with E-state index in [1.165, 1.54) is 25.0 Å². The Morgan fingerprint density at radius 3 is 2.76 bits per heavy atom. The molecule has 0 spiro atoms. The first-order chi connectivity index (χ1) is 8.42. The van der Waals surface area contributed by atoms with Crippen molar-refractivity contribution in [2.24, 2.45) is 5.92 Å². The molecule has 0 bridgehead atoms. The fraction of sp³-hybridized carbons (Fsp3) is 0.692. The Hall–Kier alpha value is -1.16. The first kappa shape index (κ1) is 11.0. The zero-order chi connectivity index (χ0) is 11.5. The minimum Gasteiger partial charge on any atom is -0.354 e. The predicted octanol–water partition coefficient (Wildman–Crippen LogP) is 1.23. The van der Waals surface area contributed by atoms with Crippen LogP contribution in [-0.4, -0.2) is 36.1 Å². The third-order valence-electron chi connectivity index (χ3n) is 3.87. The summed E-state index contributed by atoms with van der Waals surface area (Å²) in [6, 6.07) is 2.18. The van der Waals surface area contributed by atoms with Gasteiger partial charge < -0.3 is 10.2 Å². The molecule has 2 aliphatic rings. The maximum atomic E-state index is 4.40. The molecule has 1 aliphatic carbocycles. The number of anilines is 1. The molecular formula is C13H20N4. The average molecular weight is 232 g/mol. The molecule has 2 heterocycles. The van der Waals surface area contributed by atoms with Gasteiger partial charge >= 0.3 is 0 Å². The van der Waals surface area contributed by atoms with Crippen LogP contribution in [0, 0.1) is 5.92 Å². The van der Waals surface area contributed by atoms with Gasteiger partial charge in [-0.2, -0.15) is 0 Å². The largest absolute Gasteiger partial charge is 0.354 e. The van der Waals surface area contributed by atoms with Crippen molar-refractivity contribution in [3.63, 3.8) is 0 Å². The van der Waals surface area contributed by atoms with Gasteiger partial charge in [0.1, 0.15) is 12.1 Å². The normalized spacial score (nSPS) is 21.3. The van der Waals surface area contributed by atoms with Gasteiger partial charge in [0.15, 0.2) is 0 Å². The van der Waals surface area contributed by atoms with E-state index in [4.69, 9.17) is 0 Å². The Kier molecular flexibility index (Phi) is 3.22. The summed E-state index contributed by atoms with van der Waals surface area (Å²) in [4.78, 5) is 11.2. The van der Waals surface area contributed by atoms with Crippen molar-refractivity contribution >= 4 is 5.82 Å². The number of aromatic nitrogens is 2. The van der Waals surface area contributed by atoms with Crippen molar-refractivity contribution in [2.75, 3.05) is 31.1 Å². The summed E-state index contributed by atoms with van der Waals surface area (Å²) in [6.07, 6.45) is 7.04. The second kappa shape index (κ2) is 5.00. The second-order valence-corrected chi connectivity index (χ2v) is 5.11. The summed E-state index contributed by atoms with van der Waals surface area (Å²) >= 11 is 0. The summed E-state index contributed by atoms with van der Waals surface area (Å²) in [5.41, 5.74) is 1.22. The summed E-state index contributed by atoms with van der Waals surface area (Å²) < 4.78 is 0. The van der Waals surface area contributed by atoms with Gasteiger partial charge in [-0.05, 0) is 12.3 Å². The van der Waals surface area contributed by atoms with Crippen LogP contribution in [0.25, 0.3) is 0 Å². The van der Waals surface area contributed by atoms with E-state index in [1.54, 1.807) is 6.33 Å². The van der Waals surface area contributed by atoms with Gasteiger partial charge in [0.2, 0.25) is 0 Å². The van der Waals surface area contributed by atoms with Crippen molar-refractivity contribution in [2.45, 2.75) is 25.7 Å². The SMILES string of the molecule is c1nc(CC2CCC2)cc(N2CCNCC2)n1. The molecular weight excluding hydrogens is 212 g/mol. The standard InChI is InChI=1S/C13H20N4/c1-2-11(3-1)8-12-9-13(16-10-15-12)17-6-4-14-5-7-17/h9-11,14H,1-8H2. The number of hydrogen-bond donors (Lipinski definition) is 1. The molecule has 0 atom stereocenters. The van der Waals surface area contributed by atoms with Crippen molar-refractivity contribution in [3.05, 3.63) is 18.1 Å². The fourth-order valence-corrected chi connectivity index (χ4v) is 2.56. The Morgan fingerprint density at radius 2 is 2.06 bits per heavy atom. The molecule has 0 unspecified atom stereocenters. The van der Waals surface area contributed by atoms with Crippen LogP contribution < -0.4 is 10.2 Å². The third-order valence-corrected chi connectivity index (χ3v) is 3.87. The summed E-state index contributed by atoms with van der Waals surface area (Å²) in [5.74, 6) is 1.98. The van der Waals surface area contributed by atoms with Crippen LogP contribution in [-0.2, 0) is 6.42 Å². The van der Waals surface area contributed by atoms with Crippen LogP contribution >= 0.6 is 0 Å². The number of hydrogen-bond acceptors (Lipinski definition) is 4. The summed E-state index contributed by atoms with van der Waals surface area (Å²) in [7, 11) is 0. The lowest BCUT2D eigenvalue weighted by Crippen LogP contribution is -2.43. The van der Waals surface area contributed by atoms with Gasteiger partial charge in [-0.1, -0.05) is 19.3 Å². The molecule has 1 N–H and O–H groups in total. The average Bonchev–Trinajstić information content (AvgIpc) is 2.35. The van der Waals surface area contributed by atoms with E-state index in [0.717, 1.165) is 44.3 Å². The number of rotatable bonds is 3. The molecule has 1 saturated carbocycles. The van der Waals surface area contributed by atoms with E-state index in [1.807, 2.05) is 0 Å². The van der Waals surface area contributed by atoms with E-state index >= 15 is 0 Å². The van der Waals surface area contributed by atoms with Crippen LogP contribution in [0.4, 0.5) is 5.82 Å². The van der Waals surface area contributed by atoms with Crippen LogP contribution in [0.3, 0.4) is 0 Å². The smallest absolute Gasteiger partial charge is 0.132 e. The van der Waals surface area contributed by atoms with E-state index in [-0.39, 0.29) is 0 Å². The Bertz CT molecular complexity index is 369. The third kappa shape index (κ3) is 2.57. The van der Waals surface area contributed by atoms with E-state index in [9.17, 15) is 0 Å². The predicted molar refractivity (Wildman–Crippen MR) is 68.2 cm³/mol. The van der Waals surface area contributed by atoms with Gasteiger partial charge in [0.25, 0.3) is 0 Å². The highest BCUT2D eigenvalue weighted by molar-refractivity contribution is 5.39. The van der Waals surface area contributed by atoms with E-state index in [0.29, 0.717) is 0 Å². The lowest BCUT2D eigenvalue weighted by molar-refractivity contribution is 0.312. The Balaban J connectivity index is 1.68. The number of nitrogens with one attached hydrogen (secondary N) is 1. The van der Waals surface area contributed by atoms with Gasteiger partial charge in [0.05, 0.1) is 0 Å². The van der Waals surface area contributed by atoms with Crippen molar-refractivity contribution < 1.29 is 0 Å². The Labute approximate surface area is 102 Å². The lowest BCUT2D eigenvalue weighted by Gasteiger charge is -2.29. The topological polar surface area (TPSA) is 41.1 Å². The van der Waals surface area contributed by atoms with E-state index < -0.39 is 0 Å². The maximum Gasteiger partial charge on any atom is 0.132 e. The monoisotopic (exact) mass is 232 g/mol. The highest BCUT2D eigenvalue weighted by Crippen LogP contribution is 2.29. The minimum absolute atomic E-state index is 0.876.